The van der Waals surface area contributed by atoms with Crippen molar-refractivity contribution in [2.45, 2.75) is 24.4 Å². The first kappa shape index (κ1) is 18.1. The van der Waals surface area contributed by atoms with Gasteiger partial charge in [0.05, 0.1) is 13.2 Å². The number of aromatic carboxylic acids is 1. The van der Waals surface area contributed by atoms with E-state index in [9.17, 15) is 14.7 Å². The van der Waals surface area contributed by atoms with Crippen LogP contribution in [0.2, 0.25) is 0 Å². The lowest BCUT2D eigenvalue weighted by Gasteiger charge is -2.16. The number of hydrogen-bond donors (Lipinski definition) is 3. The number of carbonyl (C=O) groups is 2. The van der Waals surface area contributed by atoms with E-state index in [1.54, 1.807) is 19.2 Å². The van der Waals surface area contributed by atoms with Crippen molar-refractivity contribution in [1.29, 1.82) is 0 Å². The minimum Gasteiger partial charge on any atom is -0.497 e. The maximum absolute atomic E-state index is 12.1. The molecule has 4 N–H and O–H groups in total. The Bertz CT molecular complexity index is 1040. The summed E-state index contributed by atoms with van der Waals surface area (Å²) in [6.07, 6.45) is 0.518. The van der Waals surface area contributed by atoms with Gasteiger partial charge in [0.1, 0.15) is 11.3 Å². The normalized spacial score (nSPS) is 21.7. The van der Waals surface area contributed by atoms with Gasteiger partial charge < -0.3 is 20.0 Å². The molecule has 0 radical (unpaired) electrons. The van der Waals surface area contributed by atoms with E-state index in [2.05, 4.69) is 5.32 Å². The summed E-state index contributed by atoms with van der Waals surface area (Å²) in [6.45, 7) is 0. The van der Waals surface area contributed by atoms with Crippen molar-refractivity contribution in [3.63, 3.8) is 0 Å². The molecule has 4 rings (SSSR count). The second-order valence-electron chi connectivity index (χ2n) is 6.86. The molecule has 1 unspecified atom stereocenters. The standard InChI is InChI=1S/C21H20N2O5/c1-27-12-8-6-11(7-9-12)14-10-15(23-18(14)20(22)24)17-13-4-2-3-5-16(13)28-19(17)21(25)26/h2-9,14-15,18,23H,10H2,1H3,(H2,22,24)(H,25,26)/t14-,15?,18-/m0/s1. The molecule has 0 spiro atoms. The zero-order valence-corrected chi connectivity index (χ0v) is 15.2. The van der Waals surface area contributed by atoms with Crippen LogP contribution in [0.5, 0.6) is 5.75 Å². The number of hydrogen-bond acceptors (Lipinski definition) is 5. The molecule has 1 amide bonds. The number of ether oxygens (including phenoxy) is 1. The predicted octanol–water partition coefficient (Wildman–Crippen LogP) is 2.81. The lowest BCUT2D eigenvalue weighted by molar-refractivity contribution is -0.120. The van der Waals surface area contributed by atoms with Gasteiger partial charge in [-0.25, -0.2) is 4.79 Å². The molecule has 1 aliphatic rings. The van der Waals surface area contributed by atoms with Gasteiger partial charge in [0, 0.05) is 22.9 Å². The first-order valence-corrected chi connectivity index (χ1v) is 8.93. The number of primary amides is 1. The smallest absolute Gasteiger partial charge is 0.372 e. The fourth-order valence-electron chi connectivity index (χ4n) is 4.02. The molecule has 3 aromatic rings. The second kappa shape index (κ2) is 7.01. The minimum absolute atomic E-state index is 0.114. The van der Waals surface area contributed by atoms with E-state index in [0.717, 1.165) is 16.7 Å². The third-order valence-corrected chi connectivity index (χ3v) is 5.30. The van der Waals surface area contributed by atoms with Gasteiger partial charge in [-0.2, -0.15) is 0 Å². The Morgan fingerprint density at radius 3 is 2.54 bits per heavy atom. The Morgan fingerprint density at radius 1 is 1.18 bits per heavy atom. The largest absolute Gasteiger partial charge is 0.497 e. The van der Waals surface area contributed by atoms with Gasteiger partial charge in [-0.15, -0.1) is 0 Å². The lowest BCUT2D eigenvalue weighted by atomic mass is 9.88. The monoisotopic (exact) mass is 380 g/mol. The molecule has 1 aliphatic heterocycles. The van der Waals surface area contributed by atoms with Crippen LogP contribution in [0.3, 0.4) is 0 Å². The lowest BCUT2D eigenvalue weighted by Crippen LogP contribution is -2.40. The van der Waals surface area contributed by atoms with Crippen LogP contribution in [0.15, 0.2) is 52.9 Å². The average molecular weight is 380 g/mol. The fourth-order valence-corrected chi connectivity index (χ4v) is 4.02. The van der Waals surface area contributed by atoms with Gasteiger partial charge in [-0.3, -0.25) is 10.1 Å². The van der Waals surface area contributed by atoms with E-state index in [1.165, 1.54) is 0 Å². The van der Waals surface area contributed by atoms with Crippen molar-refractivity contribution in [2.24, 2.45) is 5.73 Å². The van der Waals surface area contributed by atoms with E-state index in [0.29, 0.717) is 17.6 Å². The zero-order valence-electron chi connectivity index (χ0n) is 15.2. The molecular formula is C21H20N2O5. The zero-order chi connectivity index (χ0) is 19.8. The number of amides is 1. The topological polar surface area (TPSA) is 115 Å². The summed E-state index contributed by atoms with van der Waals surface area (Å²) in [7, 11) is 1.59. The molecule has 7 heteroatoms. The molecule has 0 aliphatic carbocycles. The molecule has 28 heavy (non-hydrogen) atoms. The molecule has 1 aromatic heterocycles. The number of para-hydroxylation sites is 1. The molecule has 144 valence electrons. The van der Waals surface area contributed by atoms with Crippen LogP contribution in [-0.2, 0) is 4.79 Å². The van der Waals surface area contributed by atoms with Crippen molar-refractivity contribution >= 4 is 22.8 Å². The molecule has 1 saturated heterocycles. The van der Waals surface area contributed by atoms with Gasteiger partial charge in [-0.1, -0.05) is 30.3 Å². The van der Waals surface area contributed by atoms with Crippen molar-refractivity contribution < 1.29 is 23.8 Å². The second-order valence-corrected chi connectivity index (χ2v) is 6.86. The van der Waals surface area contributed by atoms with Crippen LogP contribution in [0.25, 0.3) is 11.0 Å². The average Bonchev–Trinajstić information content (AvgIpc) is 3.30. The highest BCUT2D eigenvalue weighted by atomic mass is 16.5. The molecule has 3 atom stereocenters. The SMILES string of the molecule is COc1ccc([C@@H]2CC(c3c(C(=O)O)oc4ccccc34)N[C@@H]2C(N)=O)cc1. The van der Waals surface area contributed by atoms with Crippen LogP contribution in [0.4, 0.5) is 0 Å². The Morgan fingerprint density at radius 2 is 1.89 bits per heavy atom. The Labute approximate surface area is 161 Å². The van der Waals surface area contributed by atoms with Crippen molar-refractivity contribution in [3.05, 3.63) is 65.4 Å². The predicted molar refractivity (Wildman–Crippen MR) is 102 cm³/mol. The molecule has 2 aromatic carbocycles. The molecule has 7 nitrogen and oxygen atoms in total. The van der Waals surface area contributed by atoms with Crippen LogP contribution in [-0.4, -0.2) is 30.1 Å². The van der Waals surface area contributed by atoms with E-state index < -0.39 is 17.9 Å². The Hall–Kier alpha value is -3.32. The molecular weight excluding hydrogens is 360 g/mol. The summed E-state index contributed by atoms with van der Waals surface area (Å²) in [5.74, 6) is -1.21. The van der Waals surface area contributed by atoms with Gasteiger partial charge in [0.25, 0.3) is 0 Å². The number of methoxy groups -OCH3 is 1. The number of furan rings is 1. The van der Waals surface area contributed by atoms with E-state index in [-0.39, 0.29) is 17.7 Å². The van der Waals surface area contributed by atoms with E-state index in [1.807, 2.05) is 36.4 Å². The van der Waals surface area contributed by atoms with E-state index >= 15 is 0 Å². The number of rotatable bonds is 5. The van der Waals surface area contributed by atoms with Crippen LogP contribution < -0.4 is 15.8 Å². The number of carboxylic acids is 1. The summed E-state index contributed by atoms with van der Waals surface area (Å²) in [4.78, 5) is 23.9. The summed E-state index contributed by atoms with van der Waals surface area (Å²) in [5, 5.41) is 13.6. The van der Waals surface area contributed by atoms with Crippen LogP contribution >= 0.6 is 0 Å². The number of nitrogens with two attached hydrogens (primary N) is 1. The molecule has 0 saturated carbocycles. The van der Waals surface area contributed by atoms with Crippen molar-refractivity contribution in [1.82, 2.24) is 5.32 Å². The fraction of sp³-hybridized carbons (Fsp3) is 0.238. The molecule has 2 heterocycles. The summed E-state index contributed by atoms with van der Waals surface area (Å²) in [6, 6.07) is 13.6. The number of nitrogens with one attached hydrogen (secondary N) is 1. The van der Waals surface area contributed by atoms with Gasteiger partial charge in [-0.05, 0) is 30.2 Å². The third-order valence-electron chi connectivity index (χ3n) is 5.30. The Balaban J connectivity index is 1.76. The number of carboxylic acid groups (broad SMARTS) is 1. The van der Waals surface area contributed by atoms with Crippen LogP contribution in [0.1, 0.15) is 40.1 Å². The number of fused-ring (bicyclic) bond motifs is 1. The highest BCUT2D eigenvalue weighted by Crippen LogP contribution is 2.42. The quantitative estimate of drug-likeness (QED) is 0.627. The summed E-state index contributed by atoms with van der Waals surface area (Å²) >= 11 is 0. The molecule has 1 fully saturated rings. The summed E-state index contributed by atoms with van der Waals surface area (Å²) < 4.78 is 10.8. The maximum Gasteiger partial charge on any atom is 0.372 e. The first-order valence-electron chi connectivity index (χ1n) is 8.93. The first-order chi connectivity index (χ1) is 13.5. The van der Waals surface area contributed by atoms with Crippen LogP contribution in [0, 0.1) is 0 Å². The maximum atomic E-state index is 12.1. The number of carbonyl (C=O) groups excluding carboxylic acids is 1. The Kier molecular flexibility index (Phi) is 4.52. The highest BCUT2D eigenvalue weighted by Gasteiger charge is 2.41. The van der Waals surface area contributed by atoms with Crippen molar-refractivity contribution in [3.8, 4) is 5.75 Å². The number of benzene rings is 2. The third kappa shape index (κ3) is 2.99. The highest BCUT2D eigenvalue weighted by molar-refractivity contribution is 5.95. The van der Waals surface area contributed by atoms with E-state index in [4.69, 9.17) is 14.9 Å². The van der Waals surface area contributed by atoms with Crippen molar-refractivity contribution in [2.75, 3.05) is 7.11 Å². The molecule has 0 bridgehead atoms. The minimum atomic E-state index is -1.14. The van der Waals surface area contributed by atoms with Gasteiger partial charge >= 0.3 is 5.97 Å². The summed E-state index contributed by atoms with van der Waals surface area (Å²) in [5.41, 5.74) is 7.62. The van der Waals surface area contributed by atoms with Gasteiger partial charge in [0.15, 0.2) is 0 Å². The van der Waals surface area contributed by atoms with Gasteiger partial charge in [0.2, 0.25) is 11.7 Å².